The molecule has 0 atom stereocenters. The summed E-state index contributed by atoms with van der Waals surface area (Å²) in [6.07, 6.45) is 11.4. The predicted molar refractivity (Wildman–Crippen MR) is 99.5 cm³/mol. The zero-order valence-corrected chi connectivity index (χ0v) is 15.0. The second-order valence-corrected chi connectivity index (χ2v) is 7.11. The van der Waals surface area contributed by atoms with E-state index in [0.717, 1.165) is 56.2 Å². The van der Waals surface area contributed by atoms with Crippen LogP contribution in [0.3, 0.4) is 0 Å². The predicted octanol–water partition coefficient (Wildman–Crippen LogP) is 2.12. The molecular weight excluding hydrogens is 326 g/mol. The molecule has 134 valence electrons. The summed E-state index contributed by atoms with van der Waals surface area (Å²) in [7, 11) is 2.14. The zero-order valence-electron chi connectivity index (χ0n) is 15.0. The number of rotatable bonds is 4. The van der Waals surface area contributed by atoms with E-state index in [-0.39, 0.29) is 0 Å². The first-order valence-corrected chi connectivity index (χ1v) is 9.10. The van der Waals surface area contributed by atoms with Gasteiger partial charge in [-0.25, -0.2) is 9.97 Å². The van der Waals surface area contributed by atoms with Gasteiger partial charge in [0.25, 0.3) is 0 Å². The van der Waals surface area contributed by atoms with E-state index in [2.05, 4.69) is 39.2 Å². The maximum Gasteiger partial charge on any atom is 0.225 e. The fraction of sp³-hybridized carbons (Fsp3) is 0.474. The highest BCUT2D eigenvalue weighted by Crippen LogP contribution is 2.38. The smallest absolute Gasteiger partial charge is 0.225 e. The average molecular weight is 349 g/mol. The molecule has 7 heteroatoms. The van der Waals surface area contributed by atoms with Crippen LogP contribution in [0.1, 0.15) is 18.9 Å². The molecule has 0 unspecified atom stereocenters. The van der Waals surface area contributed by atoms with E-state index in [4.69, 9.17) is 10.2 Å². The van der Waals surface area contributed by atoms with Crippen molar-refractivity contribution in [2.24, 2.45) is 5.92 Å². The van der Waals surface area contributed by atoms with Crippen LogP contribution in [0.15, 0.2) is 36.8 Å². The third-order valence-corrected chi connectivity index (χ3v) is 5.29. The lowest BCUT2D eigenvalue weighted by molar-refractivity contribution is 0.224. The molecule has 4 rings (SSSR count). The van der Waals surface area contributed by atoms with Gasteiger partial charge in [0.05, 0.1) is 24.0 Å². The van der Waals surface area contributed by atoms with Crippen molar-refractivity contribution in [2.75, 3.05) is 38.1 Å². The SMILES string of the molecule is CN1CCN(c2nccc(-c3cnn(C4CC(/C=C/C#N)C4)c3)n2)CC1. The van der Waals surface area contributed by atoms with Gasteiger partial charge >= 0.3 is 0 Å². The normalized spacial score (nSPS) is 23.8. The average Bonchev–Trinajstić information content (AvgIpc) is 3.11. The quantitative estimate of drug-likeness (QED) is 0.787. The van der Waals surface area contributed by atoms with Crippen molar-refractivity contribution >= 4 is 5.95 Å². The zero-order chi connectivity index (χ0) is 17.9. The molecule has 1 aliphatic heterocycles. The summed E-state index contributed by atoms with van der Waals surface area (Å²) in [4.78, 5) is 13.8. The Morgan fingerprint density at radius 3 is 2.81 bits per heavy atom. The summed E-state index contributed by atoms with van der Waals surface area (Å²) < 4.78 is 2.03. The van der Waals surface area contributed by atoms with Gasteiger partial charge in [-0.15, -0.1) is 0 Å². The van der Waals surface area contributed by atoms with Crippen LogP contribution in [-0.2, 0) is 0 Å². The van der Waals surface area contributed by atoms with Gasteiger partial charge in [-0.1, -0.05) is 6.08 Å². The highest BCUT2D eigenvalue weighted by molar-refractivity contribution is 5.58. The van der Waals surface area contributed by atoms with Crippen LogP contribution in [0.4, 0.5) is 5.95 Å². The Hall–Kier alpha value is -2.72. The van der Waals surface area contributed by atoms with Gasteiger partial charge in [0, 0.05) is 50.2 Å². The lowest BCUT2D eigenvalue weighted by atomic mass is 9.80. The summed E-state index contributed by atoms with van der Waals surface area (Å²) in [6.45, 7) is 3.99. The number of allylic oxidation sites excluding steroid dienone is 2. The van der Waals surface area contributed by atoms with Crippen molar-refractivity contribution in [1.29, 1.82) is 5.26 Å². The minimum atomic E-state index is 0.413. The van der Waals surface area contributed by atoms with Crippen LogP contribution in [0.2, 0.25) is 0 Å². The van der Waals surface area contributed by atoms with Gasteiger partial charge in [-0.2, -0.15) is 10.4 Å². The van der Waals surface area contributed by atoms with Crippen LogP contribution in [0, 0.1) is 17.2 Å². The van der Waals surface area contributed by atoms with Gasteiger partial charge < -0.3 is 9.80 Å². The van der Waals surface area contributed by atoms with E-state index in [9.17, 15) is 0 Å². The number of piperazine rings is 1. The lowest BCUT2D eigenvalue weighted by Crippen LogP contribution is -2.45. The molecule has 0 amide bonds. The number of nitriles is 1. The molecule has 2 fully saturated rings. The Morgan fingerprint density at radius 2 is 2.04 bits per heavy atom. The molecule has 0 aromatic carbocycles. The second-order valence-electron chi connectivity index (χ2n) is 7.11. The number of hydrogen-bond donors (Lipinski definition) is 0. The molecule has 0 N–H and O–H groups in total. The van der Waals surface area contributed by atoms with E-state index in [0.29, 0.717) is 12.0 Å². The van der Waals surface area contributed by atoms with Crippen LogP contribution in [0.25, 0.3) is 11.3 Å². The van der Waals surface area contributed by atoms with Crippen LogP contribution >= 0.6 is 0 Å². The standard InChI is InChI=1S/C19H23N7/c1-24-7-9-25(10-8-24)19-21-6-4-18(23-19)16-13-22-26(14-16)17-11-15(12-17)3-2-5-20/h2-4,6,13-15,17H,7-12H2,1H3/b3-2+. The molecule has 26 heavy (non-hydrogen) atoms. The minimum Gasteiger partial charge on any atom is -0.338 e. The molecule has 0 radical (unpaired) electrons. The monoisotopic (exact) mass is 349 g/mol. The molecule has 1 aliphatic carbocycles. The number of anilines is 1. The van der Waals surface area contributed by atoms with Crippen LogP contribution in [0.5, 0.6) is 0 Å². The first-order chi connectivity index (χ1) is 12.7. The Kier molecular flexibility index (Phi) is 4.67. The van der Waals surface area contributed by atoms with Gasteiger partial charge in [-0.3, -0.25) is 4.68 Å². The first-order valence-electron chi connectivity index (χ1n) is 9.10. The van der Waals surface area contributed by atoms with Crippen molar-refractivity contribution in [2.45, 2.75) is 18.9 Å². The molecule has 0 spiro atoms. The van der Waals surface area contributed by atoms with Crippen molar-refractivity contribution in [3.63, 3.8) is 0 Å². The molecule has 1 saturated heterocycles. The summed E-state index contributed by atoms with van der Waals surface area (Å²) in [5.74, 6) is 1.30. The molecule has 7 nitrogen and oxygen atoms in total. The molecule has 2 aromatic rings. The lowest BCUT2D eigenvalue weighted by Gasteiger charge is -2.33. The highest BCUT2D eigenvalue weighted by atomic mass is 15.3. The fourth-order valence-corrected chi connectivity index (χ4v) is 3.52. The first kappa shape index (κ1) is 16.7. The Labute approximate surface area is 153 Å². The van der Waals surface area contributed by atoms with Crippen LogP contribution < -0.4 is 4.90 Å². The van der Waals surface area contributed by atoms with Crippen LogP contribution in [-0.4, -0.2) is 57.9 Å². The highest BCUT2D eigenvalue weighted by Gasteiger charge is 2.29. The van der Waals surface area contributed by atoms with E-state index in [1.54, 1.807) is 6.08 Å². The van der Waals surface area contributed by atoms with Gasteiger partial charge in [0.15, 0.2) is 0 Å². The summed E-state index contributed by atoms with van der Waals surface area (Å²) in [5, 5.41) is 13.1. The number of hydrogen-bond acceptors (Lipinski definition) is 6. The van der Waals surface area contributed by atoms with Crippen molar-refractivity contribution < 1.29 is 0 Å². The van der Waals surface area contributed by atoms with Crippen molar-refractivity contribution in [3.8, 4) is 17.3 Å². The Balaban J connectivity index is 1.44. The molecular formula is C19H23N7. The topological polar surface area (TPSA) is 73.9 Å². The van der Waals surface area contributed by atoms with Gasteiger partial charge in [0.2, 0.25) is 5.95 Å². The van der Waals surface area contributed by atoms with Gasteiger partial charge in [0.1, 0.15) is 0 Å². The summed E-state index contributed by atoms with van der Waals surface area (Å²) in [6, 6.07) is 4.42. The largest absolute Gasteiger partial charge is 0.338 e. The molecule has 0 bridgehead atoms. The summed E-state index contributed by atoms with van der Waals surface area (Å²) in [5.41, 5.74) is 1.94. The van der Waals surface area contributed by atoms with Gasteiger partial charge in [-0.05, 0) is 31.9 Å². The van der Waals surface area contributed by atoms with E-state index < -0.39 is 0 Å². The Morgan fingerprint density at radius 1 is 1.23 bits per heavy atom. The van der Waals surface area contributed by atoms with E-state index in [1.165, 1.54) is 0 Å². The van der Waals surface area contributed by atoms with Crippen molar-refractivity contribution in [3.05, 3.63) is 36.8 Å². The number of nitrogens with zero attached hydrogens (tertiary/aromatic N) is 7. The minimum absolute atomic E-state index is 0.413. The summed E-state index contributed by atoms with van der Waals surface area (Å²) >= 11 is 0. The molecule has 1 saturated carbocycles. The third-order valence-electron chi connectivity index (χ3n) is 5.29. The second kappa shape index (κ2) is 7.26. The molecule has 3 heterocycles. The van der Waals surface area contributed by atoms with E-state index in [1.807, 2.05) is 29.2 Å². The third kappa shape index (κ3) is 3.46. The molecule has 2 aromatic heterocycles. The number of likely N-dealkylation sites (N-methyl/N-ethyl adjacent to an activating group) is 1. The van der Waals surface area contributed by atoms with E-state index >= 15 is 0 Å². The fourth-order valence-electron chi connectivity index (χ4n) is 3.52. The maximum absolute atomic E-state index is 8.60. The Bertz CT molecular complexity index is 820. The number of aromatic nitrogens is 4. The van der Waals surface area contributed by atoms with Crippen molar-refractivity contribution in [1.82, 2.24) is 24.6 Å². The maximum atomic E-state index is 8.60. The molecule has 2 aliphatic rings.